The molecule has 2 atom stereocenters. The normalized spacial score (nSPS) is 21.0. The monoisotopic (exact) mass is 516 g/mol. The van der Waals surface area contributed by atoms with Crippen molar-refractivity contribution >= 4 is 29.1 Å². The molecule has 1 aliphatic carbocycles. The van der Waals surface area contributed by atoms with Crippen molar-refractivity contribution in [2.24, 2.45) is 0 Å². The Labute approximate surface area is 204 Å². The van der Waals surface area contributed by atoms with Gasteiger partial charge in [0.2, 0.25) is 0 Å². The summed E-state index contributed by atoms with van der Waals surface area (Å²) in [6, 6.07) is 6.02. The highest BCUT2D eigenvalue weighted by molar-refractivity contribution is 6.32. The Balaban J connectivity index is 1.93. The molecule has 0 spiro atoms. The van der Waals surface area contributed by atoms with Crippen LogP contribution in [0.5, 0.6) is 0 Å². The summed E-state index contributed by atoms with van der Waals surface area (Å²) in [5.74, 6) is -1.85. The van der Waals surface area contributed by atoms with Crippen LogP contribution in [0.1, 0.15) is 43.7 Å². The van der Waals surface area contributed by atoms with E-state index in [1.165, 1.54) is 25.6 Å². The van der Waals surface area contributed by atoms with E-state index in [0.717, 1.165) is 10.5 Å². The number of benzene rings is 1. The van der Waals surface area contributed by atoms with Crippen molar-refractivity contribution in [1.82, 2.24) is 15.3 Å². The number of rotatable bonds is 7. The zero-order valence-corrected chi connectivity index (χ0v) is 19.8. The summed E-state index contributed by atoms with van der Waals surface area (Å²) in [4.78, 5) is 35.5. The number of aryl methyl sites for hydroxylation is 1. The predicted molar refractivity (Wildman–Crippen MR) is 120 cm³/mol. The number of carbonyl (C=O) groups excluding carboxylic acids is 2. The van der Waals surface area contributed by atoms with E-state index in [4.69, 9.17) is 11.6 Å². The van der Waals surface area contributed by atoms with E-state index in [1.807, 2.05) is 6.92 Å². The van der Waals surface area contributed by atoms with E-state index in [1.54, 1.807) is 24.3 Å². The molecular formula is C23H25ClF4N4O3. The van der Waals surface area contributed by atoms with Gasteiger partial charge in [0.05, 0.1) is 6.10 Å². The Morgan fingerprint density at radius 1 is 1.11 bits per heavy atom. The van der Waals surface area contributed by atoms with E-state index >= 15 is 0 Å². The third-order valence-electron chi connectivity index (χ3n) is 6.02. The van der Waals surface area contributed by atoms with Crippen LogP contribution in [-0.2, 0) is 19.9 Å². The fraction of sp³-hybridized carbons (Fsp3) is 0.478. The number of hydrogen-bond acceptors (Lipinski definition) is 5. The molecular weight excluding hydrogens is 492 g/mol. The first kappa shape index (κ1) is 26.8. The Morgan fingerprint density at radius 2 is 1.69 bits per heavy atom. The van der Waals surface area contributed by atoms with Gasteiger partial charge >= 0.3 is 6.36 Å². The molecule has 0 bridgehead atoms. The van der Waals surface area contributed by atoms with Crippen LogP contribution in [0.2, 0.25) is 0 Å². The average molecular weight is 517 g/mol. The average Bonchev–Trinajstić information content (AvgIpc) is 2.81. The van der Waals surface area contributed by atoms with Crippen molar-refractivity contribution in [2.45, 2.75) is 69.2 Å². The zero-order valence-electron chi connectivity index (χ0n) is 19.1. The molecule has 0 radical (unpaired) electrons. The predicted octanol–water partition coefficient (Wildman–Crippen LogP) is 4.53. The largest absolute Gasteiger partial charge is 0.522 e. The Hall–Kier alpha value is -2.79. The lowest BCUT2D eigenvalue weighted by molar-refractivity contribution is -0.345. The zero-order chi connectivity index (χ0) is 25.8. The number of aromatic nitrogens is 2. The number of alkyl halides is 5. The second-order valence-electron chi connectivity index (χ2n) is 8.52. The van der Waals surface area contributed by atoms with E-state index < -0.39 is 41.5 Å². The van der Waals surface area contributed by atoms with Crippen LogP contribution in [0.4, 0.5) is 23.2 Å². The topological polar surface area (TPSA) is 84.4 Å². The molecule has 0 unspecified atom stereocenters. The van der Waals surface area contributed by atoms with Gasteiger partial charge in [-0.1, -0.05) is 29.3 Å². The summed E-state index contributed by atoms with van der Waals surface area (Å²) in [6.45, 7) is 3.24. The molecule has 35 heavy (non-hydrogen) atoms. The molecule has 7 nitrogen and oxygen atoms in total. The molecule has 2 amide bonds. The molecule has 12 heteroatoms. The summed E-state index contributed by atoms with van der Waals surface area (Å²) in [5.41, 5.74) is -2.99. The molecule has 1 heterocycles. The van der Waals surface area contributed by atoms with Gasteiger partial charge in [-0.25, -0.2) is 14.4 Å². The summed E-state index contributed by atoms with van der Waals surface area (Å²) in [7, 11) is 0. The SMILES string of the molecule is Cc1ccc(N(C(=O)[C@H](F)Cl)[C@@](C)(C(=O)NC2CCC(OC(F)(F)F)CC2)c2cncnc2)cc1. The first-order chi connectivity index (χ1) is 16.4. The lowest BCUT2D eigenvalue weighted by atomic mass is 9.87. The molecule has 1 aromatic heterocycles. The Morgan fingerprint density at radius 3 is 2.20 bits per heavy atom. The van der Waals surface area contributed by atoms with Crippen molar-refractivity contribution in [3.63, 3.8) is 0 Å². The van der Waals surface area contributed by atoms with Crippen LogP contribution in [0.25, 0.3) is 0 Å². The van der Waals surface area contributed by atoms with E-state index in [0.29, 0.717) is 0 Å². The lowest BCUT2D eigenvalue weighted by Crippen LogP contribution is -2.60. The summed E-state index contributed by atoms with van der Waals surface area (Å²) >= 11 is 5.54. The van der Waals surface area contributed by atoms with Crippen molar-refractivity contribution in [1.29, 1.82) is 0 Å². The first-order valence-corrected chi connectivity index (χ1v) is 11.4. The van der Waals surface area contributed by atoms with Gasteiger partial charge in [-0.15, -0.1) is 13.2 Å². The van der Waals surface area contributed by atoms with Crippen molar-refractivity contribution in [3.8, 4) is 0 Å². The van der Waals surface area contributed by atoms with Crippen molar-refractivity contribution < 1.29 is 31.9 Å². The fourth-order valence-electron chi connectivity index (χ4n) is 4.15. The molecule has 1 N–H and O–H groups in total. The van der Waals surface area contributed by atoms with E-state index in [9.17, 15) is 27.2 Å². The van der Waals surface area contributed by atoms with Crippen LogP contribution >= 0.6 is 11.6 Å². The van der Waals surface area contributed by atoms with Crippen LogP contribution in [0.15, 0.2) is 43.0 Å². The van der Waals surface area contributed by atoms with Crippen molar-refractivity contribution in [2.75, 3.05) is 4.90 Å². The van der Waals surface area contributed by atoms with E-state index in [2.05, 4.69) is 20.0 Å². The van der Waals surface area contributed by atoms with Crippen LogP contribution < -0.4 is 10.2 Å². The third-order valence-corrected chi connectivity index (χ3v) is 6.21. The minimum absolute atomic E-state index is 0.0878. The quantitative estimate of drug-likeness (QED) is 0.432. The number of nitrogens with zero attached hydrogens (tertiary/aromatic N) is 3. The fourth-order valence-corrected chi connectivity index (χ4v) is 4.25. The number of halogens is 5. The number of anilines is 1. The van der Waals surface area contributed by atoms with Gasteiger partial charge in [0, 0.05) is 29.7 Å². The van der Waals surface area contributed by atoms with Gasteiger partial charge in [-0.2, -0.15) is 0 Å². The van der Waals surface area contributed by atoms with Crippen molar-refractivity contribution in [3.05, 3.63) is 54.1 Å². The second kappa shape index (κ2) is 10.9. The van der Waals surface area contributed by atoms with Gasteiger partial charge in [-0.3, -0.25) is 19.2 Å². The molecule has 1 aliphatic rings. The molecule has 1 aromatic carbocycles. The van der Waals surface area contributed by atoms with Gasteiger partial charge in [0.15, 0.2) is 5.54 Å². The maximum Gasteiger partial charge on any atom is 0.522 e. The third kappa shape index (κ3) is 6.46. The molecule has 0 aliphatic heterocycles. The molecule has 3 rings (SSSR count). The number of hydrogen-bond donors (Lipinski definition) is 1. The minimum Gasteiger partial charge on any atom is -0.351 e. The standard InChI is InChI=1S/C23H25ClF4N4O3/c1-14-3-7-17(8-4-14)32(20(33)19(24)25)22(2,15-11-29-13-30-12-15)21(34)31-16-5-9-18(10-6-16)35-23(26,27)28/h3-4,7-8,11-13,16,18-19H,5-6,9-10H2,1-2H3,(H,31,34)/t16?,18?,19-,22+/m0/s1. The highest BCUT2D eigenvalue weighted by atomic mass is 35.5. The minimum atomic E-state index is -4.73. The van der Waals surface area contributed by atoms with Crippen LogP contribution in [0.3, 0.4) is 0 Å². The Kier molecular flexibility index (Phi) is 8.32. The summed E-state index contributed by atoms with van der Waals surface area (Å²) in [5, 5.41) is 2.81. The first-order valence-electron chi connectivity index (χ1n) is 10.9. The highest BCUT2D eigenvalue weighted by Crippen LogP contribution is 2.36. The van der Waals surface area contributed by atoms with Gasteiger partial charge in [-0.05, 0) is 51.7 Å². The summed E-state index contributed by atoms with van der Waals surface area (Å²) in [6.07, 6.45) is -1.19. The van der Waals surface area contributed by atoms with Crippen LogP contribution in [0, 0.1) is 6.92 Å². The lowest BCUT2D eigenvalue weighted by Gasteiger charge is -2.41. The maximum absolute atomic E-state index is 14.2. The highest BCUT2D eigenvalue weighted by Gasteiger charge is 2.48. The van der Waals surface area contributed by atoms with Gasteiger partial charge in [0.1, 0.15) is 6.33 Å². The maximum atomic E-state index is 14.2. The van der Waals surface area contributed by atoms with Crippen LogP contribution in [-0.4, -0.2) is 45.9 Å². The Bertz CT molecular complexity index is 1020. The number of nitrogens with one attached hydrogen (secondary N) is 1. The van der Waals surface area contributed by atoms with Gasteiger partial charge in [0.25, 0.3) is 17.4 Å². The second-order valence-corrected chi connectivity index (χ2v) is 8.90. The molecule has 0 saturated heterocycles. The smallest absolute Gasteiger partial charge is 0.351 e. The number of amides is 2. The molecule has 190 valence electrons. The van der Waals surface area contributed by atoms with Gasteiger partial charge < -0.3 is 5.32 Å². The number of carbonyl (C=O) groups is 2. The van der Waals surface area contributed by atoms with E-state index in [-0.39, 0.29) is 36.9 Å². The summed E-state index contributed by atoms with van der Waals surface area (Å²) < 4.78 is 55.8. The molecule has 1 fully saturated rings. The molecule has 1 saturated carbocycles. The molecule has 2 aromatic rings. The number of ether oxygens (including phenoxy) is 1.